The Balaban J connectivity index is 1.22. The van der Waals surface area contributed by atoms with Crippen LogP contribution in [0.4, 0.5) is 0 Å². The van der Waals surface area contributed by atoms with E-state index in [1.54, 1.807) is 24.3 Å². The largest absolute Gasteiger partial charge is 0.451 e. The van der Waals surface area contributed by atoms with Gasteiger partial charge in [-0.15, -0.1) is 0 Å². The maximum Gasteiger partial charge on any atom is 0.291 e. The molecule has 1 aromatic heterocycles. The molecule has 1 saturated heterocycles. The number of carbonyl (C=O) groups excluding carboxylic acids is 2. The molecule has 1 N–H and O–H groups in total. The average Bonchev–Trinajstić information content (AvgIpc) is 3.42. The number of hydrogen-bond donors (Lipinski definition) is 1. The second-order valence-electron chi connectivity index (χ2n) is 11.4. The van der Waals surface area contributed by atoms with Crippen molar-refractivity contribution in [2.45, 2.75) is 51.0 Å². The fraction of sp³-hybridized carbons (Fsp3) is 0.250. The van der Waals surface area contributed by atoms with Crippen LogP contribution in [0.15, 0.2) is 99.4 Å². The molecule has 1 aliphatic carbocycles. The Bertz CT molecular complexity index is 1830. The highest BCUT2D eigenvalue weighted by Gasteiger charge is 2.25. The highest BCUT2D eigenvalue weighted by atomic mass is 35.5. The second-order valence-corrected chi connectivity index (χ2v) is 12.3. The van der Waals surface area contributed by atoms with Crippen LogP contribution in [0.5, 0.6) is 0 Å². The van der Waals surface area contributed by atoms with Crippen LogP contribution in [0.25, 0.3) is 17.0 Å². The van der Waals surface area contributed by atoms with Gasteiger partial charge < -0.3 is 14.6 Å². The lowest BCUT2D eigenvalue weighted by Crippen LogP contribution is -2.25. The van der Waals surface area contributed by atoms with E-state index < -0.39 is 5.91 Å². The maximum atomic E-state index is 13.4. The summed E-state index contributed by atoms with van der Waals surface area (Å²) in [5.41, 5.74) is 5.17. The molecule has 2 fully saturated rings. The zero-order chi connectivity index (χ0) is 30.6. The van der Waals surface area contributed by atoms with Crippen LogP contribution in [0.3, 0.4) is 0 Å². The normalized spacial score (nSPS) is 17.3. The molecule has 1 saturated carbocycles. The number of likely N-dealkylation sites (tertiary alicyclic amines) is 1. The molecule has 8 heteroatoms. The zero-order valence-corrected chi connectivity index (χ0v) is 25.7. The average molecular weight is 628 g/mol. The van der Waals surface area contributed by atoms with Crippen LogP contribution in [0.1, 0.15) is 71.7 Å². The number of allylic oxidation sites excluding steroid dienone is 2. The van der Waals surface area contributed by atoms with Gasteiger partial charge in [0.2, 0.25) is 5.91 Å². The van der Waals surface area contributed by atoms with Crippen LogP contribution in [-0.2, 0) is 11.3 Å². The van der Waals surface area contributed by atoms with Crippen molar-refractivity contribution >= 4 is 52.1 Å². The number of fused-ring (bicyclic) bond motifs is 1. The van der Waals surface area contributed by atoms with Crippen molar-refractivity contribution in [3.63, 3.8) is 0 Å². The fourth-order valence-electron chi connectivity index (χ4n) is 6.10. The van der Waals surface area contributed by atoms with E-state index in [9.17, 15) is 14.4 Å². The smallest absolute Gasteiger partial charge is 0.291 e. The van der Waals surface area contributed by atoms with Gasteiger partial charge in [0.15, 0.2) is 11.2 Å². The summed E-state index contributed by atoms with van der Waals surface area (Å²) in [4.78, 5) is 40.3. The first-order valence-corrected chi connectivity index (χ1v) is 15.6. The van der Waals surface area contributed by atoms with Gasteiger partial charge in [-0.25, -0.2) is 0 Å². The third-order valence-corrected chi connectivity index (χ3v) is 8.87. The van der Waals surface area contributed by atoms with Gasteiger partial charge in [-0.1, -0.05) is 65.2 Å². The van der Waals surface area contributed by atoms with E-state index in [4.69, 9.17) is 27.6 Å². The van der Waals surface area contributed by atoms with Crippen molar-refractivity contribution in [3.8, 4) is 0 Å². The first-order valence-electron chi connectivity index (χ1n) is 14.9. The molecule has 2 amide bonds. The predicted octanol–water partition coefficient (Wildman–Crippen LogP) is 8.28. The highest BCUT2D eigenvalue weighted by Crippen LogP contribution is 2.38. The standard InChI is InChI=1S/C36H32Cl2N2O4/c37-27-13-9-24(10-14-27)19-29(39-36(43)34-21-32(41)31-16-15-28(38)20-33(31)44-34)18-23-7-11-25(12-8-23)30-5-2-1-4-26(30)22-40-17-3-6-35(40)42/h1-2,4-5,9-10,13-16,18-21,25H,3,6-8,11-12,17,22H2,(H,39,43)/b23-18?,29-19-. The van der Waals surface area contributed by atoms with Crippen molar-refractivity contribution < 1.29 is 14.0 Å². The molecular weight excluding hydrogens is 595 g/mol. The Kier molecular flexibility index (Phi) is 9.01. The van der Waals surface area contributed by atoms with Gasteiger partial charge in [-0.05, 0) is 91.1 Å². The summed E-state index contributed by atoms with van der Waals surface area (Å²) in [5.74, 6) is 0.0163. The lowest BCUT2D eigenvalue weighted by Gasteiger charge is -2.28. The van der Waals surface area contributed by atoms with E-state index in [1.165, 1.54) is 28.8 Å². The molecule has 0 bridgehead atoms. The molecule has 2 aliphatic rings. The Morgan fingerprint density at radius 1 is 0.932 bits per heavy atom. The summed E-state index contributed by atoms with van der Waals surface area (Å²) in [6, 6.07) is 21.8. The number of halogens is 2. The number of rotatable bonds is 7. The molecular formula is C36H32Cl2N2O4. The molecule has 2 heterocycles. The van der Waals surface area contributed by atoms with Crippen molar-refractivity contribution in [1.82, 2.24) is 10.2 Å². The molecule has 0 radical (unpaired) electrons. The quantitative estimate of drug-likeness (QED) is 0.224. The van der Waals surface area contributed by atoms with Crippen molar-refractivity contribution in [2.24, 2.45) is 0 Å². The van der Waals surface area contributed by atoms with Crippen LogP contribution in [-0.4, -0.2) is 23.3 Å². The van der Waals surface area contributed by atoms with Crippen LogP contribution in [0, 0.1) is 0 Å². The lowest BCUT2D eigenvalue weighted by atomic mass is 9.79. The summed E-state index contributed by atoms with van der Waals surface area (Å²) in [6.07, 6.45) is 9.17. The van der Waals surface area contributed by atoms with Gasteiger partial charge in [0.05, 0.1) is 5.39 Å². The molecule has 6 nitrogen and oxygen atoms in total. The number of benzene rings is 3. The molecule has 0 spiro atoms. The third-order valence-electron chi connectivity index (χ3n) is 8.38. The summed E-state index contributed by atoms with van der Waals surface area (Å²) < 4.78 is 5.78. The van der Waals surface area contributed by atoms with E-state index >= 15 is 0 Å². The van der Waals surface area contributed by atoms with E-state index in [-0.39, 0.29) is 22.7 Å². The van der Waals surface area contributed by atoms with E-state index in [0.29, 0.717) is 40.0 Å². The number of nitrogens with one attached hydrogen (secondary N) is 1. The number of carbonyl (C=O) groups is 2. The van der Waals surface area contributed by atoms with Gasteiger partial charge in [0.1, 0.15) is 5.58 Å². The number of nitrogens with zero attached hydrogens (tertiary/aromatic N) is 1. The van der Waals surface area contributed by atoms with Crippen LogP contribution >= 0.6 is 23.2 Å². The third kappa shape index (κ3) is 6.98. The minimum atomic E-state index is -0.528. The Hall–Kier alpha value is -4.13. The van der Waals surface area contributed by atoms with Gasteiger partial charge in [-0.2, -0.15) is 0 Å². The first-order chi connectivity index (χ1) is 21.3. The van der Waals surface area contributed by atoms with Gasteiger partial charge in [-0.3, -0.25) is 14.4 Å². The molecule has 224 valence electrons. The van der Waals surface area contributed by atoms with Crippen LogP contribution < -0.4 is 10.7 Å². The van der Waals surface area contributed by atoms with E-state index in [1.807, 2.05) is 29.2 Å². The van der Waals surface area contributed by atoms with Crippen molar-refractivity contribution in [1.29, 1.82) is 0 Å². The first kappa shape index (κ1) is 29.9. The lowest BCUT2D eigenvalue weighted by molar-refractivity contribution is -0.128. The molecule has 44 heavy (non-hydrogen) atoms. The molecule has 6 rings (SSSR count). The van der Waals surface area contributed by atoms with Crippen molar-refractivity contribution in [2.75, 3.05) is 6.54 Å². The summed E-state index contributed by atoms with van der Waals surface area (Å²) >= 11 is 12.2. The number of amides is 2. The second kappa shape index (κ2) is 13.2. The predicted molar refractivity (Wildman–Crippen MR) is 175 cm³/mol. The van der Waals surface area contributed by atoms with Crippen LogP contribution in [0.2, 0.25) is 10.0 Å². The van der Waals surface area contributed by atoms with E-state index in [0.717, 1.165) is 44.2 Å². The van der Waals surface area contributed by atoms with Gasteiger partial charge in [0.25, 0.3) is 5.91 Å². The summed E-state index contributed by atoms with van der Waals surface area (Å²) in [7, 11) is 0. The Labute approximate surface area is 266 Å². The summed E-state index contributed by atoms with van der Waals surface area (Å²) in [6.45, 7) is 1.50. The summed E-state index contributed by atoms with van der Waals surface area (Å²) in [5, 5.41) is 4.35. The zero-order valence-electron chi connectivity index (χ0n) is 24.2. The minimum Gasteiger partial charge on any atom is -0.451 e. The monoisotopic (exact) mass is 626 g/mol. The molecule has 0 atom stereocenters. The Morgan fingerprint density at radius 2 is 1.68 bits per heavy atom. The molecule has 0 unspecified atom stereocenters. The SMILES string of the molecule is O=C(N/C(C=C1CCC(c2ccccc2CN2CCCC2=O)CC1)=C\c1ccc(Cl)cc1)c1cc(=O)c2ccc(Cl)cc2o1. The highest BCUT2D eigenvalue weighted by molar-refractivity contribution is 6.31. The molecule has 3 aromatic carbocycles. The molecule has 1 aliphatic heterocycles. The van der Waals surface area contributed by atoms with Gasteiger partial charge in [0, 0.05) is 47.4 Å². The molecule has 4 aromatic rings. The Morgan fingerprint density at radius 3 is 2.43 bits per heavy atom. The topological polar surface area (TPSA) is 79.6 Å². The fourth-order valence-corrected chi connectivity index (χ4v) is 6.39. The minimum absolute atomic E-state index is 0.0954. The van der Waals surface area contributed by atoms with Gasteiger partial charge >= 0.3 is 0 Å². The van der Waals surface area contributed by atoms with E-state index in [2.05, 4.69) is 29.6 Å². The number of hydrogen-bond acceptors (Lipinski definition) is 4. The maximum absolute atomic E-state index is 13.4. The van der Waals surface area contributed by atoms with Crippen molar-refractivity contribution in [3.05, 3.63) is 133 Å².